The van der Waals surface area contributed by atoms with E-state index in [1.54, 1.807) is 0 Å². The molecule has 0 saturated carbocycles. The van der Waals surface area contributed by atoms with E-state index in [0.29, 0.717) is 5.69 Å². The van der Waals surface area contributed by atoms with E-state index < -0.39 is 41.3 Å². The predicted octanol–water partition coefficient (Wildman–Crippen LogP) is 2.57. The lowest BCUT2D eigenvalue weighted by molar-refractivity contribution is -0.134. The van der Waals surface area contributed by atoms with E-state index in [-0.39, 0.29) is 30.3 Å². The third-order valence-electron chi connectivity index (χ3n) is 5.03. The van der Waals surface area contributed by atoms with Gasteiger partial charge in [-0.2, -0.15) is 0 Å². The number of ether oxygens (including phenoxy) is 1. The van der Waals surface area contributed by atoms with Gasteiger partial charge in [0.1, 0.15) is 29.2 Å². The Morgan fingerprint density at radius 1 is 1.19 bits per heavy atom. The van der Waals surface area contributed by atoms with E-state index in [9.17, 15) is 22.8 Å². The van der Waals surface area contributed by atoms with E-state index in [1.165, 1.54) is 24.1 Å². The van der Waals surface area contributed by atoms with Crippen LogP contribution in [0.1, 0.15) is 11.5 Å². The average molecular weight is 434 g/mol. The van der Waals surface area contributed by atoms with Gasteiger partial charge in [0.15, 0.2) is 12.4 Å². The van der Waals surface area contributed by atoms with E-state index in [0.717, 1.165) is 24.3 Å². The summed E-state index contributed by atoms with van der Waals surface area (Å²) >= 11 is 0. The van der Waals surface area contributed by atoms with Crippen LogP contribution < -0.4 is 15.4 Å². The number of carbonyl (C=O) groups is 2. The molecule has 2 N–H and O–H groups in total. The number of urea groups is 1. The number of nitrogens with one attached hydrogen (secondary N) is 2. The largest absolute Gasteiger partial charge is 0.497 e. The first-order valence-corrected chi connectivity index (χ1v) is 9.23. The molecule has 11 heteroatoms. The number of anilines is 1. The highest BCUT2D eigenvalue weighted by Crippen LogP contribution is 2.35. The Morgan fingerprint density at radius 2 is 1.87 bits per heavy atom. The molecule has 3 amide bonds. The van der Waals surface area contributed by atoms with Crippen molar-refractivity contribution >= 4 is 23.5 Å². The highest BCUT2D eigenvalue weighted by molar-refractivity contribution is 6.06. The standard InChI is InChI=1S/C20H17F3N4O4/c1-30-12-6-14(22)17(15(23)7-12)13-8-27-16(28)9-31-26-19(27)18(13)25-20(29)24-11-4-2-10(21)3-5-11/h2-7,13,18H,8-9H2,1H3,(H2,24,25,29). The van der Waals surface area contributed by atoms with E-state index in [1.807, 2.05) is 0 Å². The lowest BCUT2D eigenvalue weighted by atomic mass is 9.92. The van der Waals surface area contributed by atoms with Crippen LogP contribution in [0.3, 0.4) is 0 Å². The van der Waals surface area contributed by atoms with Gasteiger partial charge in [-0.15, -0.1) is 0 Å². The molecule has 2 heterocycles. The molecule has 2 atom stereocenters. The first kappa shape index (κ1) is 20.5. The molecule has 1 fully saturated rings. The van der Waals surface area contributed by atoms with Crippen LogP contribution in [0, 0.1) is 17.5 Å². The molecule has 4 rings (SSSR count). The van der Waals surface area contributed by atoms with Gasteiger partial charge in [0.2, 0.25) is 0 Å². The second-order valence-corrected chi connectivity index (χ2v) is 6.92. The number of oxime groups is 1. The first-order chi connectivity index (χ1) is 14.9. The van der Waals surface area contributed by atoms with Gasteiger partial charge in [-0.1, -0.05) is 5.16 Å². The summed E-state index contributed by atoms with van der Waals surface area (Å²) in [4.78, 5) is 30.9. The molecule has 2 unspecified atom stereocenters. The van der Waals surface area contributed by atoms with Crippen molar-refractivity contribution in [3.63, 3.8) is 0 Å². The van der Waals surface area contributed by atoms with E-state index in [4.69, 9.17) is 9.57 Å². The minimum atomic E-state index is -1.07. The summed E-state index contributed by atoms with van der Waals surface area (Å²) in [6.07, 6.45) is 0. The van der Waals surface area contributed by atoms with Crippen molar-refractivity contribution in [2.75, 3.05) is 25.6 Å². The van der Waals surface area contributed by atoms with Crippen molar-refractivity contribution in [2.24, 2.45) is 5.16 Å². The summed E-state index contributed by atoms with van der Waals surface area (Å²) < 4.78 is 47.5. The summed E-state index contributed by atoms with van der Waals surface area (Å²) in [6.45, 7) is -0.430. The smallest absolute Gasteiger partial charge is 0.319 e. The molecule has 0 bridgehead atoms. The van der Waals surface area contributed by atoms with Gasteiger partial charge in [-0.25, -0.2) is 18.0 Å². The summed E-state index contributed by atoms with van der Waals surface area (Å²) in [5.74, 6) is -3.66. The van der Waals surface area contributed by atoms with Crippen LogP contribution in [-0.2, 0) is 9.63 Å². The van der Waals surface area contributed by atoms with Crippen LogP contribution in [0.25, 0.3) is 0 Å². The SMILES string of the molecule is COc1cc(F)c(C2CN3C(=O)CON=C3C2NC(=O)Nc2ccc(F)cc2)c(F)c1. The van der Waals surface area contributed by atoms with Crippen LogP contribution in [-0.4, -0.2) is 49.0 Å². The lowest BCUT2D eigenvalue weighted by Gasteiger charge is -2.23. The molecule has 2 aliphatic rings. The van der Waals surface area contributed by atoms with Crippen LogP contribution in [0.4, 0.5) is 23.7 Å². The van der Waals surface area contributed by atoms with Crippen LogP contribution in [0.15, 0.2) is 41.6 Å². The van der Waals surface area contributed by atoms with Crippen molar-refractivity contribution < 1.29 is 32.3 Å². The number of halogens is 3. The van der Waals surface area contributed by atoms with Gasteiger partial charge in [-0.3, -0.25) is 9.69 Å². The van der Waals surface area contributed by atoms with Crippen molar-refractivity contribution in [3.05, 3.63) is 59.4 Å². The number of benzene rings is 2. The third kappa shape index (κ3) is 3.98. The molecule has 162 valence electrons. The zero-order valence-corrected chi connectivity index (χ0v) is 16.2. The van der Waals surface area contributed by atoms with Crippen molar-refractivity contribution in [2.45, 2.75) is 12.0 Å². The molecule has 0 radical (unpaired) electrons. The van der Waals surface area contributed by atoms with Crippen molar-refractivity contribution in [1.82, 2.24) is 10.2 Å². The topological polar surface area (TPSA) is 92.3 Å². The molecule has 2 aliphatic heterocycles. The number of fused-ring (bicyclic) bond motifs is 1. The molecule has 1 saturated heterocycles. The summed E-state index contributed by atoms with van der Waals surface area (Å²) in [5.41, 5.74) is -0.0252. The quantitative estimate of drug-likeness (QED) is 0.774. The molecule has 8 nitrogen and oxygen atoms in total. The normalized spacial score (nSPS) is 19.9. The number of amidine groups is 1. The van der Waals surface area contributed by atoms with Gasteiger partial charge >= 0.3 is 6.03 Å². The van der Waals surface area contributed by atoms with E-state index in [2.05, 4.69) is 15.8 Å². The molecule has 0 spiro atoms. The molecular weight excluding hydrogens is 417 g/mol. The van der Waals surface area contributed by atoms with Gasteiger partial charge in [0.25, 0.3) is 5.91 Å². The number of methoxy groups -OCH3 is 1. The van der Waals surface area contributed by atoms with E-state index >= 15 is 0 Å². The van der Waals surface area contributed by atoms with Gasteiger partial charge in [0.05, 0.1) is 7.11 Å². The second-order valence-electron chi connectivity index (χ2n) is 6.92. The summed E-state index contributed by atoms with van der Waals surface area (Å²) in [6, 6.07) is 5.25. The number of amides is 3. The zero-order chi connectivity index (χ0) is 22.1. The molecule has 0 aromatic heterocycles. The van der Waals surface area contributed by atoms with Crippen molar-refractivity contribution in [1.29, 1.82) is 0 Å². The minimum Gasteiger partial charge on any atom is -0.497 e. The Labute approximate surface area is 174 Å². The first-order valence-electron chi connectivity index (χ1n) is 9.23. The fraction of sp³-hybridized carbons (Fsp3) is 0.250. The zero-order valence-electron chi connectivity index (χ0n) is 16.2. The number of nitrogens with zero attached hydrogens (tertiary/aromatic N) is 2. The monoisotopic (exact) mass is 434 g/mol. The minimum absolute atomic E-state index is 0.00946. The Morgan fingerprint density at radius 3 is 2.52 bits per heavy atom. The van der Waals surface area contributed by atoms with Gasteiger partial charge in [0, 0.05) is 35.8 Å². The lowest BCUT2D eigenvalue weighted by Crippen LogP contribution is -2.48. The number of hydrogen-bond donors (Lipinski definition) is 2. The number of rotatable bonds is 4. The van der Waals surface area contributed by atoms with Crippen molar-refractivity contribution in [3.8, 4) is 5.75 Å². The fourth-order valence-corrected chi connectivity index (χ4v) is 3.61. The van der Waals surface area contributed by atoms with Gasteiger partial charge in [-0.05, 0) is 24.3 Å². The number of hydrogen-bond acceptors (Lipinski definition) is 5. The molecule has 2 aromatic carbocycles. The maximum absolute atomic E-state index is 14.8. The maximum atomic E-state index is 14.8. The summed E-state index contributed by atoms with van der Waals surface area (Å²) in [7, 11) is 1.28. The predicted molar refractivity (Wildman–Crippen MR) is 103 cm³/mol. The Hall–Kier alpha value is -3.76. The number of carbonyl (C=O) groups excluding carboxylic acids is 2. The molecular formula is C20H17F3N4O4. The molecule has 0 aliphatic carbocycles. The maximum Gasteiger partial charge on any atom is 0.319 e. The molecule has 31 heavy (non-hydrogen) atoms. The third-order valence-corrected chi connectivity index (χ3v) is 5.03. The highest BCUT2D eigenvalue weighted by atomic mass is 19.1. The average Bonchev–Trinajstić information content (AvgIpc) is 3.08. The van der Waals surface area contributed by atoms with Crippen LogP contribution in [0.2, 0.25) is 0 Å². The van der Waals surface area contributed by atoms with Crippen LogP contribution >= 0.6 is 0 Å². The Bertz CT molecular complexity index is 1040. The summed E-state index contributed by atoms with van der Waals surface area (Å²) in [5, 5.41) is 8.90. The fourth-order valence-electron chi connectivity index (χ4n) is 3.61. The second kappa shape index (κ2) is 8.17. The molecule has 2 aromatic rings. The van der Waals surface area contributed by atoms with Crippen LogP contribution in [0.5, 0.6) is 5.75 Å². The Kier molecular flexibility index (Phi) is 5.40. The highest BCUT2D eigenvalue weighted by Gasteiger charge is 2.47. The Balaban J connectivity index is 1.65. The van der Waals surface area contributed by atoms with Gasteiger partial charge < -0.3 is 20.2 Å².